The predicted molar refractivity (Wildman–Crippen MR) is 112 cm³/mol. The number of carbonyl (C=O) groups is 2. The summed E-state index contributed by atoms with van der Waals surface area (Å²) < 4.78 is 10.9. The molecule has 0 bridgehead atoms. The highest BCUT2D eigenvalue weighted by molar-refractivity contribution is 5.91. The first-order valence-electron chi connectivity index (χ1n) is 10.1. The lowest BCUT2D eigenvalue weighted by Crippen LogP contribution is -2.53. The summed E-state index contributed by atoms with van der Waals surface area (Å²) in [6.45, 7) is 7.12. The van der Waals surface area contributed by atoms with Crippen LogP contribution in [0.3, 0.4) is 0 Å². The van der Waals surface area contributed by atoms with Crippen molar-refractivity contribution in [3.8, 4) is 0 Å². The monoisotopic (exact) mass is 414 g/mol. The molecule has 30 heavy (non-hydrogen) atoms. The van der Waals surface area contributed by atoms with Crippen LogP contribution in [0.25, 0.3) is 0 Å². The number of ether oxygens (including phenoxy) is 2. The molecule has 0 amide bonds. The van der Waals surface area contributed by atoms with Crippen LogP contribution in [0.5, 0.6) is 0 Å². The third kappa shape index (κ3) is 5.68. The summed E-state index contributed by atoms with van der Waals surface area (Å²) in [5.74, 6) is -5.91. The Morgan fingerprint density at radius 2 is 1.20 bits per heavy atom. The summed E-state index contributed by atoms with van der Waals surface area (Å²) in [6, 6.07) is 16.3. The second kappa shape index (κ2) is 10.4. The number of hydrogen-bond acceptors (Lipinski definition) is 6. The van der Waals surface area contributed by atoms with E-state index in [2.05, 4.69) is 0 Å². The van der Waals surface area contributed by atoms with Gasteiger partial charge in [0.1, 0.15) is 0 Å². The van der Waals surface area contributed by atoms with Crippen LogP contribution < -0.4 is 0 Å². The molecule has 0 saturated carbocycles. The van der Waals surface area contributed by atoms with Crippen molar-refractivity contribution in [1.29, 1.82) is 0 Å². The van der Waals surface area contributed by atoms with Gasteiger partial charge in [0, 0.05) is 6.61 Å². The second-order valence-corrected chi connectivity index (χ2v) is 8.00. The van der Waals surface area contributed by atoms with Crippen LogP contribution in [0.4, 0.5) is 0 Å². The van der Waals surface area contributed by atoms with Gasteiger partial charge in [0.05, 0.1) is 17.0 Å². The number of aliphatic hydroxyl groups is 2. The SMILES string of the molecule is CC(C)C(CO)C(C(C)C)C(O)(OC(=O)c1ccccc1)OC(=O)c1ccccc1. The molecule has 0 aromatic heterocycles. The first-order valence-corrected chi connectivity index (χ1v) is 10.1. The minimum absolute atomic E-state index is 0.0696. The number of carbonyl (C=O) groups excluding carboxylic acids is 2. The molecule has 0 aliphatic carbocycles. The van der Waals surface area contributed by atoms with E-state index in [0.29, 0.717) is 0 Å². The van der Waals surface area contributed by atoms with Gasteiger partial charge in [-0.25, -0.2) is 9.59 Å². The first kappa shape index (κ1) is 23.6. The molecule has 6 nitrogen and oxygen atoms in total. The lowest BCUT2D eigenvalue weighted by atomic mass is 9.76. The molecule has 0 radical (unpaired) electrons. The van der Waals surface area contributed by atoms with Crippen LogP contribution in [-0.4, -0.2) is 34.7 Å². The predicted octanol–water partition coefficient (Wildman–Crippen LogP) is 3.88. The minimum atomic E-state index is -2.56. The van der Waals surface area contributed by atoms with Gasteiger partial charge in [-0.15, -0.1) is 0 Å². The molecule has 0 aliphatic rings. The van der Waals surface area contributed by atoms with E-state index in [1.54, 1.807) is 36.4 Å². The zero-order valence-electron chi connectivity index (χ0n) is 17.8. The van der Waals surface area contributed by atoms with Crippen molar-refractivity contribution in [3.63, 3.8) is 0 Å². The Balaban J connectivity index is 2.46. The molecule has 0 spiro atoms. The van der Waals surface area contributed by atoms with Crippen molar-refractivity contribution in [3.05, 3.63) is 71.8 Å². The summed E-state index contributed by atoms with van der Waals surface area (Å²) in [6.07, 6.45) is 0. The Hall–Kier alpha value is -2.70. The zero-order chi connectivity index (χ0) is 22.3. The van der Waals surface area contributed by atoms with Gasteiger partial charge in [-0.1, -0.05) is 64.1 Å². The van der Waals surface area contributed by atoms with E-state index in [4.69, 9.17) is 9.47 Å². The standard InChI is InChI=1S/C24H30O6/c1-16(2)20(15-25)21(17(3)4)24(28,29-22(26)18-11-7-5-8-12-18)30-23(27)19-13-9-6-10-14-19/h5-14,16-17,20-21,25,28H,15H2,1-4H3. The van der Waals surface area contributed by atoms with Crippen LogP contribution in [0.2, 0.25) is 0 Å². The molecule has 0 heterocycles. The van der Waals surface area contributed by atoms with Crippen molar-refractivity contribution in [2.24, 2.45) is 23.7 Å². The van der Waals surface area contributed by atoms with Gasteiger partial charge < -0.3 is 19.7 Å². The number of rotatable bonds is 9. The van der Waals surface area contributed by atoms with Crippen molar-refractivity contribution in [2.75, 3.05) is 6.61 Å². The van der Waals surface area contributed by atoms with Gasteiger partial charge >= 0.3 is 17.9 Å². The van der Waals surface area contributed by atoms with Gasteiger partial charge in [-0.3, -0.25) is 0 Å². The lowest BCUT2D eigenvalue weighted by molar-refractivity contribution is -0.350. The first-order chi connectivity index (χ1) is 14.2. The molecule has 2 rings (SSSR count). The summed E-state index contributed by atoms with van der Waals surface area (Å²) in [7, 11) is 0. The Kier molecular flexibility index (Phi) is 8.15. The van der Waals surface area contributed by atoms with E-state index in [0.717, 1.165) is 0 Å². The molecule has 2 N–H and O–H groups in total. The zero-order valence-corrected chi connectivity index (χ0v) is 17.8. The van der Waals surface area contributed by atoms with Crippen molar-refractivity contribution in [1.82, 2.24) is 0 Å². The average molecular weight is 414 g/mol. The number of esters is 2. The minimum Gasteiger partial charge on any atom is -0.396 e. The fourth-order valence-electron chi connectivity index (χ4n) is 3.61. The molecule has 0 fully saturated rings. The maximum atomic E-state index is 12.8. The van der Waals surface area contributed by atoms with Crippen molar-refractivity contribution < 1.29 is 29.3 Å². The van der Waals surface area contributed by atoms with E-state index in [-0.39, 0.29) is 29.6 Å². The molecular formula is C24H30O6. The highest BCUT2D eigenvalue weighted by Gasteiger charge is 2.51. The molecular weight excluding hydrogens is 384 g/mol. The van der Waals surface area contributed by atoms with Gasteiger partial charge in [0.2, 0.25) is 0 Å². The van der Waals surface area contributed by atoms with Gasteiger partial charge in [-0.05, 0) is 42.0 Å². The molecule has 2 unspecified atom stereocenters. The smallest absolute Gasteiger partial charge is 0.377 e. The van der Waals surface area contributed by atoms with Crippen LogP contribution in [0.1, 0.15) is 48.4 Å². The molecule has 0 saturated heterocycles. The summed E-state index contributed by atoms with van der Waals surface area (Å²) in [5, 5.41) is 21.4. The Morgan fingerprint density at radius 1 is 0.800 bits per heavy atom. The van der Waals surface area contributed by atoms with E-state index in [9.17, 15) is 19.8 Å². The van der Waals surface area contributed by atoms with Gasteiger partial charge in [-0.2, -0.15) is 0 Å². The van der Waals surface area contributed by atoms with E-state index < -0.39 is 29.7 Å². The van der Waals surface area contributed by atoms with Gasteiger partial charge in [0.25, 0.3) is 0 Å². The van der Waals surface area contributed by atoms with Crippen LogP contribution in [-0.2, 0) is 9.47 Å². The second-order valence-electron chi connectivity index (χ2n) is 8.00. The number of benzene rings is 2. The van der Waals surface area contributed by atoms with Crippen molar-refractivity contribution >= 4 is 11.9 Å². The number of aliphatic hydroxyl groups excluding tert-OH is 1. The van der Waals surface area contributed by atoms with Crippen LogP contribution in [0, 0.1) is 23.7 Å². The van der Waals surface area contributed by atoms with E-state index >= 15 is 0 Å². The third-order valence-electron chi connectivity index (χ3n) is 5.16. The van der Waals surface area contributed by atoms with Crippen LogP contribution >= 0.6 is 0 Å². The lowest BCUT2D eigenvalue weighted by Gasteiger charge is -2.41. The number of hydrogen-bond donors (Lipinski definition) is 2. The Bertz CT molecular complexity index is 763. The molecule has 2 aromatic carbocycles. The highest BCUT2D eigenvalue weighted by Crippen LogP contribution is 2.38. The summed E-state index contributed by atoms with van der Waals surface area (Å²) >= 11 is 0. The Morgan fingerprint density at radius 3 is 1.50 bits per heavy atom. The fraction of sp³-hybridized carbons (Fsp3) is 0.417. The maximum Gasteiger partial charge on any atom is 0.377 e. The summed E-state index contributed by atoms with van der Waals surface area (Å²) in [5.41, 5.74) is 0.415. The highest BCUT2D eigenvalue weighted by atomic mass is 16.8. The maximum absolute atomic E-state index is 12.8. The largest absolute Gasteiger partial charge is 0.396 e. The van der Waals surface area contributed by atoms with E-state index in [1.807, 2.05) is 27.7 Å². The van der Waals surface area contributed by atoms with Crippen molar-refractivity contribution in [2.45, 2.75) is 33.7 Å². The topological polar surface area (TPSA) is 93.1 Å². The molecule has 162 valence electrons. The van der Waals surface area contributed by atoms with Crippen LogP contribution in [0.15, 0.2) is 60.7 Å². The fourth-order valence-corrected chi connectivity index (χ4v) is 3.61. The normalized spacial score (nSPS) is 13.7. The molecule has 2 atom stereocenters. The van der Waals surface area contributed by atoms with Gasteiger partial charge in [0.15, 0.2) is 0 Å². The molecule has 6 heteroatoms. The summed E-state index contributed by atoms with van der Waals surface area (Å²) in [4.78, 5) is 25.5. The quantitative estimate of drug-likeness (QED) is 0.478. The Labute approximate surface area is 177 Å². The average Bonchev–Trinajstić information content (AvgIpc) is 2.72. The third-order valence-corrected chi connectivity index (χ3v) is 5.16. The van der Waals surface area contributed by atoms with E-state index in [1.165, 1.54) is 24.3 Å². The molecule has 0 aliphatic heterocycles. The molecule has 2 aromatic rings.